The zero-order valence-electron chi connectivity index (χ0n) is 14.0. The van der Waals surface area contributed by atoms with Gasteiger partial charge in [-0.2, -0.15) is 0 Å². The van der Waals surface area contributed by atoms with Gasteiger partial charge in [-0.1, -0.05) is 59.6 Å². The summed E-state index contributed by atoms with van der Waals surface area (Å²) in [6, 6.07) is 15.3. The minimum absolute atomic E-state index is 0.0682. The average Bonchev–Trinajstić information content (AvgIpc) is 2.63. The molecule has 1 amide bonds. The molecule has 1 aliphatic carbocycles. The molecule has 2 unspecified atom stereocenters. The average molecular weight is 386 g/mol. The quantitative estimate of drug-likeness (QED) is 0.790. The number of nitrogens with one attached hydrogen (secondary N) is 1. The highest BCUT2D eigenvalue weighted by molar-refractivity contribution is 6.42. The van der Waals surface area contributed by atoms with Crippen LogP contribution in [0.5, 0.6) is 0 Å². The normalized spacial score (nSPS) is 22.8. The molecule has 2 atom stereocenters. The van der Waals surface area contributed by atoms with Crippen molar-refractivity contribution >= 4 is 34.9 Å². The molecule has 0 bridgehead atoms. The molecule has 0 spiro atoms. The molecule has 0 saturated carbocycles. The molecule has 2 aliphatic rings. The summed E-state index contributed by atoms with van der Waals surface area (Å²) in [6.45, 7) is 0. The number of hydrogen-bond donors (Lipinski definition) is 1. The Kier molecular flexibility index (Phi) is 4.60. The Bertz CT molecular complexity index is 921. The minimum Gasteiger partial charge on any atom is -0.329 e. The summed E-state index contributed by atoms with van der Waals surface area (Å²) in [5.74, 6) is -0.148. The first-order chi connectivity index (χ1) is 12.5. The van der Waals surface area contributed by atoms with E-state index < -0.39 is 0 Å². The predicted octanol–water partition coefficient (Wildman–Crippen LogP) is 5.00. The van der Waals surface area contributed by atoms with Gasteiger partial charge in [0.1, 0.15) is 0 Å². The smallest absolute Gasteiger partial charge is 0.225 e. The van der Waals surface area contributed by atoms with E-state index in [0.29, 0.717) is 22.9 Å². The van der Waals surface area contributed by atoms with Gasteiger partial charge in [0.25, 0.3) is 0 Å². The highest BCUT2D eigenvalue weighted by Gasteiger charge is 2.38. The van der Waals surface area contributed by atoms with Crippen LogP contribution in [0.15, 0.2) is 59.8 Å². The molecule has 3 nitrogen and oxygen atoms in total. The van der Waals surface area contributed by atoms with Crippen molar-refractivity contribution in [2.45, 2.75) is 31.1 Å². The van der Waals surface area contributed by atoms with Gasteiger partial charge >= 0.3 is 0 Å². The lowest BCUT2D eigenvalue weighted by atomic mass is 9.73. The zero-order chi connectivity index (χ0) is 18.3. The fraction of sp³-hybridized carbons (Fsp3) is 0.238. The lowest BCUT2D eigenvalue weighted by molar-refractivity contribution is -0.122. The molecule has 5 heteroatoms. The van der Waals surface area contributed by atoms with Crippen molar-refractivity contribution in [1.29, 1.82) is 0 Å². The number of benzene rings is 2. The maximum Gasteiger partial charge on any atom is 0.225 e. The summed E-state index contributed by atoms with van der Waals surface area (Å²) in [5, 5.41) is 3.83. The van der Waals surface area contributed by atoms with E-state index in [4.69, 9.17) is 23.2 Å². The molecule has 2 aromatic carbocycles. The number of Topliss-reactive ketones (excluding diaryl/α,β-unsaturated/α-hetero) is 1. The van der Waals surface area contributed by atoms with E-state index in [1.807, 2.05) is 36.4 Å². The molecule has 1 heterocycles. The molecular weight excluding hydrogens is 369 g/mol. The maximum absolute atomic E-state index is 13.0. The van der Waals surface area contributed by atoms with E-state index in [1.54, 1.807) is 12.1 Å². The molecule has 1 N–H and O–H groups in total. The number of carbonyl (C=O) groups is 2. The minimum atomic E-state index is -0.266. The van der Waals surface area contributed by atoms with Crippen LogP contribution in [0.4, 0.5) is 0 Å². The number of carbonyl (C=O) groups excluding carboxylic acids is 2. The Morgan fingerprint density at radius 2 is 1.62 bits per heavy atom. The van der Waals surface area contributed by atoms with Crippen LogP contribution in [-0.2, 0) is 9.59 Å². The first-order valence-corrected chi connectivity index (χ1v) is 9.34. The highest BCUT2D eigenvalue weighted by atomic mass is 35.5. The van der Waals surface area contributed by atoms with Crippen molar-refractivity contribution in [3.05, 3.63) is 81.0 Å². The van der Waals surface area contributed by atoms with Gasteiger partial charge in [-0.25, -0.2) is 0 Å². The van der Waals surface area contributed by atoms with Gasteiger partial charge in [0, 0.05) is 30.0 Å². The van der Waals surface area contributed by atoms with Crippen molar-refractivity contribution in [3.63, 3.8) is 0 Å². The number of ketones is 1. The highest BCUT2D eigenvalue weighted by Crippen LogP contribution is 2.43. The van der Waals surface area contributed by atoms with Crippen LogP contribution in [0.1, 0.15) is 42.2 Å². The van der Waals surface area contributed by atoms with Crippen molar-refractivity contribution in [3.8, 4) is 0 Å². The van der Waals surface area contributed by atoms with Gasteiger partial charge < -0.3 is 5.32 Å². The zero-order valence-corrected chi connectivity index (χ0v) is 15.5. The van der Waals surface area contributed by atoms with Crippen molar-refractivity contribution in [2.24, 2.45) is 0 Å². The lowest BCUT2D eigenvalue weighted by Crippen LogP contribution is -2.38. The Hall–Kier alpha value is -2.10. The third-order valence-electron chi connectivity index (χ3n) is 5.15. The lowest BCUT2D eigenvalue weighted by Gasteiger charge is -2.34. The van der Waals surface area contributed by atoms with Gasteiger partial charge in [0.05, 0.1) is 10.0 Å². The molecule has 1 aliphatic heterocycles. The van der Waals surface area contributed by atoms with Crippen molar-refractivity contribution < 1.29 is 9.59 Å². The monoisotopic (exact) mass is 385 g/mol. The summed E-state index contributed by atoms with van der Waals surface area (Å²) in [4.78, 5) is 25.3. The van der Waals surface area contributed by atoms with E-state index in [2.05, 4.69) is 5.32 Å². The number of amides is 1. The van der Waals surface area contributed by atoms with E-state index in [-0.39, 0.29) is 29.9 Å². The second-order valence-electron chi connectivity index (χ2n) is 6.81. The van der Waals surface area contributed by atoms with Crippen LogP contribution < -0.4 is 5.32 Å². The Labute approximate surface area is 162 Å². The first-order valence-electron chi connectivity index (χ1n) is 8.59. The van der Waals surface area contributed by atoms with E-state index in [9.17, 15) is 9.59 Å². The van der Waals surface area contributed by atoms with Crippen LogP contribution in [0, 0.1) is 0 Å². The van der Waals surface area contributed by atoms with Crippen LogP contribution in [-0.4, -0.2) is 11.7 Å². The number of halogens is 2. The van der Waals surface area contributed by atoms with Gasteiger partial charge in [-0.3, -0.25) is 9.59 Å². The molecule has 2 aromatic rings. The topological polar surface area (TPSA) is 46.2 Å². The van der Waals surface area contributed by atoms with Crippen LogP contribution in [0.3, 0.4) is 0 Å². The summed E-state index contributed by atoms with van der Waals surface area (Å²) in [5.41, 5.74) is 3.45. The van der Waals surface area contributed by atoms with Crippen LogP contribution in [0.25, 0.3) is 0 Å². The second-order valence-corrected chi connectivity index (χ2v) is 7.62. The molecule has 0 radical (unpaired) electrons. The predicted molar refractivity (Wildman–Crippen MR) is 102 cm³/mol. The van der Waals surface area contributed by atoms with Gasteiger partial charge in [-0.15, -0.1) is 0 Å². The van der Waals surface area contributed by atoms with Gasteiger partial charge in [0.15, 0.2) is 5.78 Å². The van der Waals surface area contributed by atoms with E-state index in [1.165, 1.54) is 0 Å². The van der Waals surface area contributed by atoms with Crippen molar-refractivity contribution in [2.75, 3.05) is 0 Å². The Balaban J connectivity index is 1.73. The summed E-state index contributed by atoms with van der Waals surface area (Å²) >= 11 is 12.2. The molecular formula is C21H17Cl2NO2. The maximum atomic E-state index is 13.0. The molecule has 0 aromatic heterocycles. The van der Waals surface area contributed by atoms with Crippen LogP contribution >= 0.6 is 23.2 Å². The van der Waals surface area contributed by atoms with E-state index >= 15 is 0 Å². The fourth-order valence-corrected chi connectivity index (χ4v) is 4.24. The summed E-state index contributed by atoms with van der Waals surface area (Å²) < 4.78 is 0. The number of allylic oxidation sites excluding steroid dienone is 2. The fourth-order valence-electron chi connectivity index (χ4n) is 3.93. The van der Waals surface area contributed by atoms with Gasteiger partial charge in [0.2, 0.25) is 5.91 Å². The second kappa shape index (κ2) is 6.90. The molecule has 0 saturated heterocycles. The first kappa shape index (κ1) is 17.3. The third-order valence-corrected chi connectivity index (χ3v) is 5.89. The number of hydrogen-bond acceptors (Lipinski definition) is 2. The Morgan fingerprint density at radius 1 is 0.846 bits per heavy atom. The standard InChI is InChI=1S/C21H17Cl2NO2/c22-16-7-6-13(8-17(16)23)15-11-20(26)24-18-9-14(10-19(25)21(15)18)12-4-2-1-3-5-12/h1-8,14-15H,9-11H2,(H,24,26). The van der Waals surface area contributed by atoms with Crippen LogP contribution in [0.2, 0.25) is 10.0 Å². The van der Waals surface area contributed by atoms with Gasteiger partial charge in [-0.05, 0) is 35.6 Å². The van der Waals surface area contributed by atoms with Crippen molar-refractivity contribution in [1.82, 2.24) is 5.32 Å². The largest absolute Gasteiger partial charge is 0.329 e. The number of rotatable bonds is 2. The molecule has 132 valence electrons. The Morgan fingerprint density at radius 3 is 2.35 bits per heavy atom. The summed E-state index contributed by atoms with van der Waals surface area (Å²) in [6.07, 6.45) is 1.36. The van der Waals surface area contributed by atoms with E-state index in [0.717, 1.165) is 22.4 Å². The SMILES string of the molecule is O=C1CC(c2ccc(Cl)c(Cl)c2)C2=C(CC(c3ccccc3)CC2=O)N1. The summed E-state index contributed by atoms with van der Waals surface area (Å²) in [7, 11) is 0. The molecule has 4 rings (SSSR count). The molecule has 0 fully saturated rings. The molecule has 26 heavy (non-hydrogen) atoms. The third kappa shape index (κ3) is 3.17.